The van der Waals surface area contributed by atoms with Crippen molar-refractivity contribution in [1.29, 1.82) is 0 Å². The molecule has 1 aromatic heterocycles. The number of aromatic amines is 1. The summed E-state index contributed by atoms with van der Waals surface area (Å²) in [6, 6.07) is 31.4. The molecule has 1 aliphatic rings. The fraction of sp³-hybridized carbons (Fsp3) is 0.107. The van der Waals surface area contributed by atoms with Crippen LogP contribution in [0.1, 0.15) is 23.8 Å². The maximum atomic E-state index is 5.88. The van der Waals surface area contributed by atoms with Gasteiger partial charge < -0.3 is 14.6 Å². The SMILES string of the molecule is COc1ccc(C2CC(c3[nH]c4c(ccc5ccccc54)c3-c3ccccc3)=NO2)cc1. The average molecular weight is 418 g/mol. The number of aromatic nitrogens is 1. The van der Waals surface area contributed by atoms with Gasteiger partial charge in [-0.25, -0.2) is 0 Å². The van der Waals surface area contributed by atoms with Gasteiger partial charge in [0.25, 0.3) is 0 Å². The van der Waals surface area contributed by atoms with E-state index in [0.717, 1.165) is 28.2 Å². The van der Waals surface area contributed by atoms with E-state index in [1.807, 2.05) is 30.3 Å². The molecular formula is C28H22N2O2. The minimum Gasteiger partial charge on any atom is -0.497 e. The van der Waals surface area contributed by atoms with Crippen molar-refractivity contribution in [3.05, 3.63) is 102 Å². The van der Waals surface area contributed by atoms with Gasteiger partial charge >= 0.3 is 0 Å². The Bertz CT molecular complexity index is 1450. The second-order valence-corrected chi connectivity index (χ2v) is 8.06. The monoisotopic (exact) mass is 418 g/mol. The fourth-order valence-corrected chi connectivity index (χ4v) is 4.58. The molecule has 0 saturated heterocycles. The molecule has 5 aromatic rings. The first-order valence-corrected chi connectivity index (χ1v) is 10.8. The quantitative estimate of drug-likeness (QED) is 0.346. The lowest BCUT2D eigenvalue weighted by Gasteiger charge is -2.09. The number of nitrogens with one attached hydrogen (secondary N) is 1. The van der Waals surface area contributed by atoms with Gasteiger partial charge in [0.05, 0.1) is 18.3 Å². The number of hydrogen-bond acceptors (Lipinski definition) is 3. The van der Waals surface area contributed by atoms with Crippen molar-refractivity contribution in [2.45, 2.75) is 12.5 Å². The van der Waals surface area contributed by atoms with Gasteiger partial charge in [0.2, 0.25) is 0 Å². The molecule has 0 radical (unpaired) electrons. The highest BCUT2D eigenvalue weighted by Gasteiger charge is 2.28. The standard InChI is InChI=1S/C28H22N2O2/c1-31-21-14-11-19(12-15-21)25-17-24(30-32-25)28-26(20-8-3-2-4-9-20)23-16-13-18-7-5-6-10-22(18)27(23)29-28/h2-16,25,29H,17H2,1H3. The van der Waals surface area contributed by atoms with Crippen LogP contribution in [0.3, 0.4) is 0 Å². The highest BCUT2D eigenvalue weighted by Crippen LogP contribution is 2.39. The van der Waals surface area contributed by atoms with E-state index in [1.165, 1.54) is 27.3 Å². The normalized spacial score (nSPS) is 15.7. The van der Waals surface area contributed by atoms with Gasteiger partial charge in [-0.05, 0) is 28.6 Å². The zero-order chi connectivity index (χ0) is 21.5. The number of ether oxygens (including phenoxy) is 1. The minimum atomic E-state index is -0.109. The van der Waals surface area contributed by atoms with Crippen LogP contribution < -0.4 is 4.74 Å². The molecule has 0 amide bonds. The molecule has 0 saturated carbocycles. The highest BCUT2D eigenvalue weighted by atomic mass is 16.6. The predicted octanol–water partition coefficient (Wildman–Crippen LogP) is 6.86. The van der Waals surface area contributed by atoms with Gasteiger partial charge in [-0.15, -0.1) is 0 Å². The van der Waals surface area contributed by atoms with Gasteiger partial charge in [-0.1, -0.05) is 84.0 Å². The zero-order valence-corrected chi connectivity index (χ0v) is 17.7. The van der Waals surface area contributed by atoms with Gasteiger partial charge in [0.15, 0.2) is 6.10 Å². The summed E-state index contributed by atoms with van der Waals surface area (Å²) in [6.45, 7) is 0. The van der Waals surface area contributed by atoms with Crippen molar-refractivity contribution in [2.24, 2.45) is 5.16 Å². The van der Waals surface area contributed by atoms with Crippen LogP contribution >= 0.6 is 0 Å². The maximum absolute atomic E-state index is 5.88. The lowest BCUT2D eigenvalue weighted by molar-refractivity contribution is 0.0857. The Kier molecular flexibility index (Phi) is 4.43. The molecule has 6 rings (SSSR count). The van der Waals surface area contributed by atoms with Crippen LogP contribution in [-0.4, -0.2) is 17.8 Å². The molecule has 156 valence electrons. The van der Waals surface area contributed by atoms with Crippen LogP contribution in [0, 0.1) is 0 Å². The number of nitrogens with zero attached hydrogens (tertiary/aromatic N) is 1. The molecule has 2 heterocycles. The molecular weight excluding hydrogens is 396 g/mol. The van der Waals surface area contributed by atoms with Crippen LogP contribution in [0.5, 0.6) is 5.75 Å². The molecule has 1 aliphatic heterocycles. The molecule has 0 spiro atoms. The molecule has 32 heavy (non-hydrogen) atoms. The second kappa shape index (κ2) is 7.57. The molecule has 1 atom stereocenters. The topological polar surface area (TPSA) is 46.6 Å². The molecule has 4 heteroatoms. The van der Waals surface area contributed by atoms with Crippen molar-refractivity contribution < 1.29 is 9.57 Å². The molecule has 1 N–H and O–H groups in total. The summed E-state index contributed by atoms with van der Waals surface area (Å²) in [7, 11) is 1.67. The van der Waals surface area contributed by atoms with Crippen molar-refractivity contribution in [3.63, 3.8) is 0 Å². The maximum Gasteiger partial charge on any atom is 0.158 e. The number of rotatable bonds is 4. The van der Waals surface area contributed by atoms with Crippen LogP contribution in [0.2, 0.25) is 0 Å². The smallest absolute Gasteiger partial charge is 0.158 e. The molecule has 0 bridgehead atoms. The van der Waals surface area contributed by atoms with E-state index in [1.54, 1.807) is 7.11 Å². The molecule has 4 aromatic carbocycles. The van der Waals surface area contributed by atoms with Crippen molar-refractivity contribution >= 4 is 27.4 Å². The number of fused-ring (bicyclic) bond motifs is 3. The lowest BCUT2D eigenvalue weighted by Crippen LogP contribution is -2.03. The number of methoxy groups -OCH3 is 1. The molecule has 4 nitrogen and oxygen atoms in total. The Morgan fingerprint density at radius 1 is 0.844 bits per heavy atom. The third kappa shape index (κ3) is 3.04. The summed E-state index contributed by atoms with van der Waals surface area (Å²) in [6.07, 6.45) is 0.597. The first-order valence-electron chi connectivity index (χ1n) is 10.8. The van der Waals surface area contributed by atoms with Crippen molar-refractivity contribution in [3.8, 4) is 16.9 Å². The average Bonchev–Trinajstić information content (AvgIpc) is 3.50. The predicted molar refractivity (Wildman–Crippen MR) is 129 cm³/mol. The largest absolute Gasteiger partial charge is 0.497 e. The molecule has 0 aliphatic carbocycles. The highest BCUT2D eigenvalue weighted by molar-refractivity contribution is 6.18. The number of benzene rings is 4. The van der Waals surface area contributed by atoms with E-state index in [0.29, 0.717) is 6.42 Å². The van der Waals surface area contributed by atoms with Crippen molar-refractivity contribution in [2.75, 3.05) is 7.11 Å². The van der Waals surface area contributed by atoms with E-state index in [2.05, 4.69) is 70.8 Å². The summed E-state index contributed by atoms with van der Waals surface area (Å²) >= 11 is 0. The van der Waals surface area contributed by atoms with E-state index >= 15 is 0 Å². The first-order chi connectivity index (χ1) is 15.8. The van der Waals surface area contributed by atoms with Crippen LogP contribution in [0.15, 0.2) is 96.2 Å². The van der Waals surface area contributed by atoms with E-state index in [4.69, 9.17) is 9.57 Å². The summed E-state index contributed by atoms with van der Waals surface area (Å²) in [5.41, 5.74) is 6.52. The van der Waals surface area contributed by atoms with E-state index in [9.17, 15) is 0 Å². The summed E-state index contributed by atoms with van der Waals surface area (Å²) < 4.78 is 5.28. The number of oxime groups is 1. The lowest BCUT2D eigenvalue weighted by atomic mass is 9.96. The van der Waals surface area contributed by atoms with Crippen LogP contribution in [-0.2, 0) is 4.84 Å². The van der Waals surface area contributed by atoms with Crippen LogP contribution in [0.4, 0.5) is 0 Å². The summed E-state index contributed by atoms with van der Waals surface area (Å²) in [5, 5.41) is 8.14. The van der Waals surface area contributed by atoms with Crippen LogP contribution in [0.25, 0.3) is 32.8 Å². The minimum absolute atomic E-state index is 0.109. The fourth-order valence-electron chi connectivity index (χ4n) is 4.58. The Morgan fingerprint density at radius 3 is 2.44 bits per heavy atom. The molecule has 1 unspecified atom stereocenters. The Hall–Kier alpha value is -4.05. The Morgan fingerprint density at radius 2 is 1.62 bits per heavy atom. The third-order valence-electron chi connectivity index (χ3n) is 6.21. The van der Waals surface area contributed by atoms with Gasteiger partial charge in [0.1, 0.15) is 11.5 Å². The third-order valence-corrected chi connectivity index (χ3v) is 6.21. The molecule has 0 fully saturated rings. The summed E-state index contributed by atoms with van der Waals surface area (Å²) in [5.74, 6) is 0.835. The number of hydrogen-bond donors (Lipinski definition) is 1. The Balaban J connectivity index is 1.47. The Labute approximate surface area is 186 Å². The first kappa shape index (κ1) is 18.7. The summed E-state index contributed by atoms with van der Waals surface area (Å²) in [4.78, 5) is 9.59. The van der Waals surface area contributed by atoms with Gasteiger partial charge in [-0.3, -0.25) is 0 Å². The number of H-pyrrole nitrogens is 1. The second-order valence-electron chi connectivity index (χ2n) is 8.06. The van der Waals surface area contributed by atoms with Crippen molar-refractivity contribution in [1.82, 2.24) is 4.98 Å². The van der Waals surface area contributed by atoms with E-state index in [-0.39, 0.29) is 6.10 Å². The zero-order valence-electron chi connectivity index (χ0n) is 17.7. The van der Waals surface area contributed by atoms with Gasteiger partial charge in [0, 0.05) is 22.8 Å². The van der Waals surface area contributed by atoms with E-state index < -0.39 is 0 Å². The van der Waals surface area contributed by atoms with Gasteiger partial charge in [-0.2, -0.15) is 0 Å².